The van der Waals surface area contributed by atoms with Crippen LogP contribution in [0.25, 0.3) is 0 Å². The summed E-state index contributed by atoms with van der Waals surface area (Å²) in [6, 6.07) is 0.307. The Morgan fingerprint density at radius 2 is 1.88 bits per heavy atom. The largest absolute Gasteiger partial charge is 0.357 e. The van der Waals surface area contributed by atoms with Crippen molar-refractivity contribution in [3.8, 4) is 0 Å². The predicted molar refractivity (Wildman–Crippen MR) is 111 cm³/mol. The number of aliphatic imine (C=N–C) groups is 1. The summed E-state index contributed by atoms with van der Waals surface area (Å²) >= 11 is 0. The van der Waals surface area contributed by atoms with Gasteiger partial charge in [-0.1, -0.05) is 33.1 Å². The topological polar surface area (TPSA) is 60.0 Å². The van der Waals surface area contributed by atoms with Gasteiger partial charge < -0.3 is 20.4 Å². The highest BCUT2D eigenvalue weighted by Gasteiger charge is 2.27. The molecule has 1 amide bonds. The molecular formula is C20H41N5O. The zero-order valence-electron chi connectivity index (χ0n) is 17.7. The Labute approximate surface area is 160 Å². The number of amides is 1. The zero-order chi connectivity index (χ0) is 19.4. The SMILES string of the molecule is CCNC(=NCCCCCCCN(C)C)NC1CCN(C(=O)C(C)C)C1. The molecule has 1 saturated heterocycles. The quantitative estimate of drug-likeness (QED) is 0.334. The molecule has 0 radical (unpaired) electrons. The van der Waals surface area contributed by atoms with E-state index in [-0.39, 0.29) is 11.8 Å². The summed E-state index contributed by atoms with van der Waals surface area (Å²) in [5.41, 5.74) is 0. The minimum atomic E-state index is 0.0772. The van der Waals surface area contributed by atoms with E-state index in [1.54, 1.807) is 0 Å². The molecule has 1 atom stereocenters. The first-order valence-corrected chi connectivity index (χ1v) is 10.4. The number of nitrogens with zero attached hydrogens (tertiary/aromatic N) is 3. The Hall–Kier alpha value is -1.30. The van der Waals surface area contributed by atoms with E-state index in [0.29, 0.717) is 6.04 Å². The molecule has 6 nitrogen and oxygen atoms in total. The average molecular weight is 368 g/mol. The maximum Gasteiger partial charge on any atom is 0.225 e. The van der Waals surface area contributed by atoms with Crippen LogP contribution in [-0.2, 0) is 4.79 Å². The van der Waals surface area contributed by atoms with E-state index in [1.807, 2.05) is 18.7 Å². The summed E-state index contributed by atoms with van der Waals surface area (Å²) in [6.07, 6.45) is 7.27. The van der Waals surface area contributed by atoms with Crippen molar-refractivity contribution >= 4 is 11.9 Å². The first-order valence-electron chi connectivity index (χ1n) is 10.4. The lowest BCUT2D eigenvalue weighted by Gasteiger charge is -2.20. The smallest absolute Gasteiger partial charge is 0.225 e. The molecule has 0 saturated carbocycles. The van der Waals surface area contributed by atoms with Crippen molar-refractivity contribution in [2.24, 2.45) is 10.9 Å². The molecule has 1 unspecified atom stereocenters. The summed E-state index contributed by atoms with van der Waals surface area (Å²) in [6.45, 7) is 10.6. The summed E-state index contributed by atoms with van der Waals surface area (Å²) in [4.78, 5) is 21.0. The highest BCUT2D eigenvalue weighted by atomic mass is 16.2. The number of hydrogen-bond donors (Lipinski definition) is 2. The minimum absolute atomic E-state index is 0.0772. The van der Waals surface area contributed by atoms with Gasteiger partial charge in [0.25, 0.3) is 0 Å². The highest BCUT2D eigenvalue weighted by molar-refractivity contribution is 5.81. The van der Waals surface area contributed by atoms with Gasteiger partial charge in [0.05, 0.1) is 0 Å². The molecule has 0 bridgehead atoms. The van der Waals surface area contributed by atoms with Gasteiger partial charge in [0.1, 0.15) is 0 Å². The molecule has 26 heavy (non-hydrogen) atoms. The Morgan fingerprint density at radius 3 is 2.54 bits per heavy atom. The maximum atomic E-state index is 12.1. The van der Waals surface area contributed by atoms with Gasteiger partial charge in [-0.15, -0.1) is 0 Å². The van der Waals surface area contributed by atoms with Gasteiger partial charge >= 0.3 is 0 Å². The van der Waals surface area contributed by atoms with Crippen molar-refractivity contribution in [2.45, 2.75) is 65.3 Å². The van der Waals surface area contributed by atoms with Crippen LogP contribution in [0, 0.1) is 5.92 Å². The van der Waals surface area contributed by atoms with E-state index in [1.165, 1.54) is 32.2 Å². The van der Waals surface area contributed by atoms with E-state index >= 15 is 0 Å². The molecule has 6 heteroatoms. The lowest BCUT2D eigenvalue weighted by atomic mass is 10.1. The van der Waals surface area contributed by atoms with Gasteiger partial charge in [-0.2, -0.15) is 0 Å². The molecule has 0 aromatic heterocycles. The standard InChI is InChI=1S/C20H41N5O/c1-6-21-20(22-13-10-8-7-9-11-14-24(4)5)23-18-12-15-25(16-18)19(26)17(2)3/h17-18H,6-16H2,1-5H3,(H2,21,22,23). The summed E-state index contributed by atoms with van der Waals surface area (Å²) in [5, 5.41) is 6.83. The summed E-state index contributed by atoms with van der Waals surface area (Å²) in [7, 11) is 4.26. The van der Waals surface area contributed by atoms with Crippen LogP contribution in [0.4, 0.5) is 0 Å². The Kier molecular flexibility index (Phi) is 11.3. The number of hydrogen-bond acceptors (Lipinski definition) is 3. The third kappa shape index (κ3) is 9.41. The van der Waals surface area contributed by atoms with E-state index in [2.05, 4.69) is 36.6 Å². The van der Waals surface area contributed by atoms with Gasteiger partial charge in [0.2, 0.25) is 5.91 Å². The third-order valence-corrected chi connectivity index (χ3v) is 4.71. The average Bonchev–Trinajstić information content (AvgIpc) is 3.04. The van der Waals surface area contributed by atoms with E-state index in [0.717, 1.165) is 45.0 Å². The van der Waals surface area contributed by atoms with E-state index in [9.17, 15) is 4.79 Å². The van der Waals surface area contributed by atoms with E-state index < -0.39 is 0 Å². The number of guanidine groups is 1. The molecule has 1 aliphatic heterocycles. The summed E-state index contributed by atoms with van der Waals surface area (Å²) < 4.78 is 0. The molecule has 0 spiro atoms. The molecule has 1 aliphatic rings. The Bertz CT molecular complexity index is 422. The van der Waals surface area contributed by atoms with Crippen LogP contribution in [0.2, 0.25) is 0 Å². The number of nitrogens with one attached hydrogen (secondary N) is 2. The second-order valence-electron chi connectivity index (χ2n) is 7.90. The van der Waals surface area contributed by atoms with Crippen LogP contribution in [0.1, 0.15) is 59.3 Å². The monoisotopic (exact) mass is 367 g/mol. The molecule has 1 fully saturated rings. The Morgan fingerprint density at radius 1 is 1.19 bits per heavy atom. The number of carbonyl (C=O) groups is 1. The van der Waals surface area contributed by atoms with Gasteiger partial charge in [-0.3, -0.25) is 9.79 Å². The normalized spacial score (nSPS) is 18.0. The highest BCUT2D eigenvalue weighted by Crippen LogP contribution is 2.12. The first kappa shape index (κ1) is 22.7. The lowest BCUT2D eigenvalue weighted by molar-refractivity contribution is -0.133. The molecule has 0 aliphatic carbocycles. The van der Waals surface area contributed by atoms with Crippen LogP contribution in [0.5, 0.6) is 0 Å². The van der Waals surface area contributed by atoms with Crippen molar-refractivity contribution in [3.05, 3.63) is 0 Å². The molecule has 1 rings (SSSR count). The zero-order valence-corrected chi connectivity index (χ0v) is 17.7. The molecule has 0 aromatic rings. The van der Waals surface area contributed by atoms with Gasteiger partial charge in [0.15, 0.2) is 5.96 Å². The van der Waals surface area contributed by atoms with Crippen molar-refractivity contribution < 1.29 is 4.79 Å². The predicted octanol–water partition coefficient (Wildman–Crippen LogP) is 2.31. The fourth-order valence-electron chi connectivity index (χ4n) is 3.22. The lowest BCUT2D eigenvalue weighted by Crippen LogP contribution is -2.45. The first-order chi connectivity index (χ1) is 12.4. The molecule has 2 N–H and O–H groups in total. The Balaban J connectivity index is 2.26. The van der Waals surface area contributed by atoms with Crippen molar-refractivity contribution in [3.63, 3.8) is 0 Å². The number of carbonyl (C=O) groups excluding carboxylic acids is 1. The summed E-state index contributed by atoms with van der Waals surface area (Å²) in [5.74, 6) is 1.22. The van der Waals surface area contributed by atoms with E-state index in [4.69, 9.17) is 4.99 Å². The van der Waals surface area contributed by atoms with Gasteiger partial charge in [-0.25, -0.2) is 0 Å². The van der Waals surface area contributed by atoms with Crippen molar-refractivity contribution in [1.82, 2.24) is 20.4 Å². The maximum absolute atomic E-state index is 12.1. The van der Waals surface area contributed by atoms with Crippen LogP contribution in [0.15, 0.2) is 4.99 Å². The third-order valence-electron chi connectivity index (χ3n) is 4.71. The number of likely N-dealkylation sites (tertiary alicyclic amines) is 1. The fraction of sp³-hybridized carbons (Fsp3) is 0.900. The van der Waals surface area contributed by atoms with Gasteiger partial charge in [0, 0.05) is 38.1 Å². The second-order valence-corrected chi connectivity index (χ2v) is 7.90. The number of rotatable bonds is 11. The van der Waals surface area contributed by atoms with Crippen LogP contribution in [0.3, 0.4) is 0 Å². The van der Waals surface area contributed by atoms with Crippen LogP contribution >= 0.6 is 0 Å². The number of unbranched alkanes of at least 4 members (excludes halogenated alkanes) is 4. The minimum Gasteiger partial charge on any atom is -0.357 e. The molecular weight excluding hydrogens is 326 g/mol. The van der Waals surface area contributed by atoms with Crippen LogP contribution < -0.4 is 10.6 Å². The van der Waals surface area contributed by atoms with Crippen LogP contribution in [-0.4, -0.2) is 74.5 Å². The second kappa shape index (κ2) is 13.0. The van der Waals surface area contributed by atoms with Crippen molar-refractivity contribution in [2.75, 3.05) is 46.8 Å². The fourth-order valence-corrected chi connectivity index (χ4v) is 3.22. The molecule has 0 aromatic carbocycles. The molecule has 1 heterocycles. The molecule has 152 valence electrons. The van der Waals surface area contributed by atoms with Gasteiger partial charge in [-0.05, 0) is 46.8 Å². The van der Waals surface area contributed by atoms with Crippen molar-refractivity contribution in [1.29, 1.82) is 0 Å².